The summed E-state index contributed by atoms with van der Waals surface area (Å²) in [5.41, 5.74) is 2.83. The molecule has 1 atom stereocenters. The van der Waals surface area contributed by atoms with Crippen LogP contribution < -0.4 is 4.90 Å². The highest BCUT2D eigenvalue weighted by Crippen LogP contribution is 2.25. The van der Waals surface area contributed by atoms with Crippen LogP contribution in [-0.4, -0.2) is 41.9 Å². The van der Waals surface area contributed by atoms with Crippen LogP contribution in [0.3, 0.4) is 0 Å². The summed E-state index contributed by atoms with van der Waals surface area (Å²) in [7, 11) is 0. The normalized spacial score (nSPS) is 17.2. The van der Waals surface area contributed by atoms with Crippen LogP contribution in [0, 0.1) is 0 Å². The third kappa shape index (κ3) is 4.34. The van der Waals surface area contributed by atoms with Gasteiger partial charge < -0.3 is 14.5 Å². The van der Waals surface area contributed by atoms with Gasteiger partial charge in [0.1, 0.15) is 0 Å². The molecule has 0 radical (unpaired) electrons. The van der Waals surface area contributed by atoms with Crippen molar-refractivity contribution in [2.75, 3.05) is 18.0 Å². The van der Waals surface area contributed by atoms with E-state index in [4.69, 9.17) is 4.74 Å². The number of amides is 2. The van der Waals surface area contributed by atoms with Gasteiger partial charge in [-0.15, -0.1) is 11.3 Å². The molecule has 2 aliphatic rings. The van der Waals surface area contributed by atoms with Gasteiger partial charge in [-0.05, 0) is 54.5 Å². The smallest absolute Gasteiger partial charge is 0.311 e. The molecule has 0 N–H and O–H groups in total. The minimum Gasteiger partial charge on any atom is -0.452 e. The van der Waals surface area contributed by atoms with Crippen LogP contribution in [0.2, 0.25) is 0 Å². The summed E-state index contributed by atoms with van der Waals surface area (Å²) >= 11 is 1.72. The third-order valence-corrected chi connectivity index (χ3v) is 6.47. The topological polar surface area (TPSA) is 66.9 Å². The fourth-order valence-corrected chi connectivity index (χ4v) is 4.75. The Balaban J connectivity index is 1.30. The molecule has 0 unspecified atom stereocenters. The predicted molar refractivity (Wildman–Crippen MR) is 111 cm³/mol. The second-order valence-corrected chi connectivity index (χ2v) is 8.50. The lowest BCUT2D eigenvalue weighted by Crippen LogP contribution is -2.42. The predicted octanol–water partition coefficient (Wildman–Crippen LogP) is 2.93. The van der Waals surface area contributed by atoms with E-state index in [1.165, 1.54) is 10.4 Å². The first kappa shape index (κ1) is 19.6. The van der Waals surface area contributed by atoms with E-state index in [-0.39, 0.29) is 18.2 Å². The molecular weight excluding hydrogens is 388 g/mol. The van der Waals surface area contributed by atoms with Crippen LogP contribution in [0.25, 0.3) is 0 Å². The van der Waals surface area contributed by atoms with Gasteiger partial charge in [-0.2, -0.15) is 0 Å². The van der Waals surface area contributed by atoms with Gasteiger partial charge in [0.25, 0.3) is 5.91 Å². The molecule has 2 amide bonds. The zero-order chi connectivity index (χ0) is 20.4. The zero-order valence-electron chi connectivity index (χ0n) is 16.4. The van der Waals surface area contributed by atoms with Crippen LogP contribution in [0.4, 0.5) is 5.69 Å². The standard InChI is InChI=1S/C22H24N2O4S/c1-15(22(27)23-11-8-19-17(14-23)9-12-29-19)28-21(26)13-16-4-6-18(7-5-16)24-10-2-3-20(24)25/h4-7,9,12,15H,2-3,8,10-11,13-14H2,1H3/t15-/m1/s1. The molecule has 29 heavy (non-hydrogen) atoms. The molecular formula is C22H24N2O4S. The van der Waals surface area contributed by atoms with E-state index in [0.29, 0.717) is 19.5 Å². The van der Waals surface area contributed by atoms with Crippen molar-refractivity contribution in [3.8, 4) is 0 Å². The van der Waals surface area contributed by atoms with Crippen molar-refractivity contribution in [2.24, 2.45) is 0 Å². The van der Waals surface area contributed by atoms with Crippen LogP contribution >= 0.6 is 11.3 Å². The molecule has 1 aromatic carbocycles. The molecule has 2 aromatic rings. The Morgan fingerprint density at radius 1 is 1.14 bits per heavy atom. The molecule has 0 spiro atoms. The van der Waals surface area contributed by atoms with Crippen molar-refractivity contribution in [2.45, 2.75) is 45.3 Å². The first-order valence-electron chi connectivity index (χ1n) is 9.94. The fraction of sp³-hybridized carbons (Fsp3) is 0.409. The van der Waals surface area contributed by atoms with E-state index >= 15 is 0 Å². The Kier molecular flexibility index (Phi) is 5.67. The molecule has 0 bridgehead atoms. The SMILES string of the molecule is C[C@@H](OC(=O)Cc1ccc(N2CCCC2=O)cc1)C(=O)N1CCc2sccc2C1. The zero-order valence-corrected chi connectivity index (χ0v) is 17.2. The largest absolute Gasteiger partial charge is 0.452 e. The van der Waals surface area contributed by atoms with Crippen LogP contribution in [-0.2, 0) is 38.5 Å². The minimum atomic E-state index is -0.802. The lowest BCUT2D eigenvalue weighted by Gasteiger charge is -2.29. The second kappa shape index (κ2) is 8.37. The van der Waals surface area contributed by atoms with E-state index in [9.17, 15) is 14.4 Å². The second-order valence-electron chi connectivity index (χ2n) is 7.50. The summed E-state index contributed by atoms with van der Waals surface area (Å²) in [6.07, 6.45) is 1.62. The van der Waals surface area contributed by atoms with E-state index < -0.39 is 12.1 Å². The maximum absolute atomic E-state index is 12.7. The van der Waals surface area contributed by atoms with Crippen molar-refractivity contribution >= 4 is 34.8 Å². The molecule has 1 fully saturated rings. The summed E-state index contributed by atoms with van der Waals surface area (Å²) in [4.78, 5) is 41.6. The van der Waals surface area contributed by atoms with E-state index in [1.54, 1.807) is 28.1 Å². The van der Waals surface area contributed by atoms with Crippen molar-refractivity contribution in [1.82, 2.24) is 4.90 Å². The summed E-state index contributed by atoms with van der Waals surface area (Å²) in [6, 6.07) is 9.42. The van der Waals surface area contributed by atoms with Gasteiger partial charge >= 0.3 is 5.97 Å². The van der Waals surface area contributed by atoms with E-state index in [0.717, 1.165) is 30.6 Å². The molecule has 0 aliphatic carbocycles. The lowest BCUT2D eigenvalue weighted by molar-refractivity contribution is -0.159. The average molecular weight is 413 g/mol. The minimum absolute atomic E-state index is 0.0977. The number of carbonyl (C=O) groups excluding carboxylic acids is 3. The molecule has 152 valence electrons. The van der Waals surface area contributed by atoms with Crippen molar-refractivity contribution < 1.29 is 19.1 Å². The first-order valence-corrected chi connectivity index (χ1v) is 10.8. The number of ether oxygens (including phenoxy) is 1. The number of anilines is 1. The molecule has 1 aromatic heterocycles. The molecule has 6 nitrogen and oxygen atoms in total. The van der Waals surface area contributed by atoms with Gasteiger partial charge in [-0.1, -0.05) is 12.1 Å². The Hall–Kier alpha value is -2.67. The number of rotatable bonds is 5. The van der Waals surface area contributed by atoms with Gasteiger partial charge in [-0.3, -0.25) is 14.4 Å². The monoisotopic (exact) mass is 412 g/mol. The van der Waals surface area contributed by atoms with Crippen LogP contribution in [0.15, 0.2) is 35.7 Å². The highest BCUT2D eigenvalue weighted by Gasteiger charge is 2.27. The molecule has 7 heteroatoms. The Labute approximate surface area is 174 Å². The van der Waals surface area contributed by atoms with Crippen molar-refractivity contribution in [1.29, 1.82) is 0 Å². The number of esters is 1. The van der Waals surface area contributed by atoms with Crippen LogP contribution in [0.5, 0.6) is 0 Å². The summed E-state index contributed by atoms with van der Waals surface area (Å²) in [5.74, 6) is -0.445. The third-order valence-electron chi connectivity index (χ3n) is 5.45. The molecule has 3 heterocycles. The average Bonchev–Trinajstić information content (AvgIpc) is 3.36. The quantitative estimate of drug-likeness (QED) is 0.709. The van der Waals surface area contributed by atoms with Gasteiger partial charge in [-0.25, -0.2) is 0 Å². The number of hydrogen-bond donors (Lipinski definition) is 0. The van der Waals surface area contributed by atoms with Crippen LogP contribution in [0.1, 0.15) is 35.8 Å². The van der Waals surface area contributed by atoms with Gasteiger partial charge in [0.2, 0.25) is 5.91 Å². The Morgan fingerprint density at radius 3 is 2.66 bits per heavy atom. The summed E-state index contributed by atoms with van der Waals surface area (Å²) < 4.78 is 5.39. The molecule has 4 rings (SSSR count). The maximum atomic E-state index is 12.7. The number of carbonyl (C=O) groups is 3. The molecule has 2 aliphatic heterocycles. The Bertz CT molecular complexity index is 921. The van der Waals surface area contributed by atoms with Crippen molar-refractivity contribution in [3.05, 3.63) is 51.7 Å². The van der Waals surface area contributed by atoms with Gasteiger partial charge in [0.15, 0.2) is 6.10 Å². The first-order chi connectivity index (χ1) is 14.0. The highest BCUT2D eigenvalue weighted by molar-refractivity contribution is 7.10. The van der Waals surface area contributed by atoms with Gasteiger partial charge in [0, 0.05) is 36.6 Å². The summed E-state index contributed by atoms with van der Waals surface area (Å²) in [6.45, 7) is 3.61. The maximum Gasteiger partial charge on any atom is 0.311 e. The van der Waals surface area contributed by atoms with E-state index in [2.05, 4.69) is 6.07 Å². The lowest BCUT2D eigenvalue weighted by atomic mass is 10.1. The van der Waals surface area contributed by atoms with Crippen molar-refractivity contribution in [3.63, 3.8) is 0 Å². The number of fused-ring (bicyclic) bond motifs is 1. The number of benzene rings is 1. The number of thiophene rings is 1. The molecule has 1 saturated heterocycles. The number of hydrogen-bond acceptors (Lipinski definition) is 5. The van der Waals surface area contributed by atoms with E-state index in [1.807, 2.05) is 29.6 Å². The van der Waals surface area contributed by atoms with Gasteiger partial charge in [0.05, 0.1) is 6.42 Å². The fourth-order valence-electron chi connectivity index (χ4n) is 3.86. The highest BCUT2D eigenvalue weighted by atomic mass is 32.1. The summed E-state index contributed by atoms with van der Waals surface area (Å²) in [5, 5.41) is 2.05. The molecule has 0 saturated carbocycles. The Morgan fingerprint density at radius 2 is 1.93 bits per heavy atom. The number of nitrogens with zero attached hydrogens (tertiary/aromatic N) is 2.